The molecule has 0 radical (unpaired) electrons. The number of rotatable bonds is 3. The molecule has 0 aromatic rings. The van der Waals surface area contributed by atoms with Gasteiger partial charge in [-0.25, -0.2) is 0 Å². The van der Waals surface area contributed by atoms with E-state index in [2.05, 4.69) is 20.8 Å². The zero-order chi connectivity index (χ0) is 15.2. The van der Waals surface area contributed by atoms with Gasteiger partial charge in [-0.1, -0.05) is 26.2 Å². The lowest BCUT2D eigenvalue weighted by Gasteiger charge is -2.54. The predicted octanol–water partition coefficient (Wildman–Crippen LogP) is 3.24. The van der Waals surface area contributed by atoms with E-state index >= 15 is 0 Å². The first-order chi connectivity index (χ1) is 9.11. The lowest BCUT2D eigenvalue weighted by atomic mass is 9.55. The van der Waals surface area contributed by atoms with Crippen molar-refractivity contribution in [2.45, 2.75) is 89.9 Å². The summed E-state index contributed by atoms with van der Waals surface area (Å²) in [6.07, 6.45) is 6.38. The van der Waals surface area contributed by atoms with Gasteiger partial charge in [-0.15, -0.1) is 0 Å². The number of hydrogen-bond donors (Lipinski definition) is 2. The lowest BCUT2D eigenvalue weighted by Crippen LogP contribution is -2.62. The average Bonchev–Trinajstić information content (AvgIpc) is 2.54. The molecule has 118 valence electrons. The van der Waals surface area contributed by atoms with Gasteiger partial charge in [0.05, 0.1) is 11.2 Å². The number of ether oxygens (including phenoxy) is 1. The molecule has 3 nitrogen and oxygen atoms in total. The van der Waals surface area contributed by atoms with Crippen LogP contribution in [0.15, 0.2) is 0 Å². The van der Waals surface area contributed by atoms with Gasteiger partial charge in [-0.05, 0) is 46.5 Å². The molecule has 2 aliphatic rings. The quantitative estimate of drug-likeness (QED) is 0.836. The van der Waals surface area contributed by atoms with Crippen LogP contribution in [0.4, 0.5) is 0 Å². The minimum Gasteiger partial charge on any atom is -0.386 e. The van der Waals surface area contributed by atoms with E-state index < -0.39 is 11.2 Å². The second kappa shape index (κ2) is 4.96. The van der Waals surface area contributed by atoms with Crippen molar-refractivity contribution < 1.29 is 9.84 Å². The normalized spacial score (nSPS) is 43.6. The molecule has 0 amide bonds. The Morgan fingerprint density at radius 2 is 1.90 bits per heavy atom. The molecule has 0 aromatic carbocycles. The lowest BCUT2D eigenvalue weighted by molar-refractivity contribution is -0.189. The SMILES string of the molecule is CCC1CCCC(CN)(C2(O)CC(C)(C)OC2(C)C)C1. The molecule has 3 atom stereocenters. The summed E-state index contributed by atoms with van der Waals surface area (Å²) in [5.41, 5.74) is 4.38. The zero-order valence-corrected chi connectivity index (χ0v) is 14.0. The van der Waals surface area contributed by atoms with Gasteiger partial charge in [0.1, 0.15) is 5.60 Å². The predicted molar refractivity (Wildman–Crippen MR) is 82.5 cm³/mol. The topological polar surface area (TPSA) is 55.5 Å². The first-order valence-electron chi connectivity index (χ1n) is 8.24. The van der Waals surface area contributed by atoms with Gasteiger partial charge in [0.15, 0.2) is 0 Å². The van der Waals surface area contributed by atoms with Crippen molar-refractivity contribution in [3.8, 4) is 0 Å². The molecule has 3 N–H and O–H groups in total. The molecule has 3 unspecified atom stereocenters. The fourth-order valence-electron chi connectivity index (χ4n) is 5.03. The Bertz CT molecular complexity index is 366. The van der Waals surface area contributed by atoms with Crippen LogP contribution in [0.25, 0.3) is 0 Å². The van der Waals surface area contributed by atoms with Gasteiger partial charge in [0.2, 0.25) is 0 Å². The van der Waals surface area contributed by atoms with Crippen LogP contribution >= 0.6 is 0 Å². The first-order valence-corrected chi connectivity index (χ1v) is 8.24. The summed E-state index contributed by atoms with van der Waals surface area (Å²) in [6, 6.07) is 0. The Balaban J connectivity index is 2.39. The minimum absolute atomic E-state index is 0.191. The molecule has 3 heteroatoms. The fraction of sp³-hybridized carbons (Fsp3) is 1.00. The Hall–Kier alpha value is -0.120. The van der Waals surface area contributed by atoms with E-state index in [0.717, 1.165) is 12.8 Å². The summed E-state index contributed by atoms with van der Waals surface area (Å²) in [7, 11) is 0. The van der Waals surface area contributed by atoms with Crippen LogP contribution < -0.4 is 5.73 Å². The Labute approximate surface area is 124 Å². The fourth-order valence-corrected chi connectivity index (χ4v) is 5.03. The maximum Gasteiger partial charge on any atom is 0.103 e. The molecule has 2 fully saturated rings. The van der Waals surface area contributed by atoms with Crippen molar-refractivity contribution in [3.05, 3.63) is 0 Å². The third-order valence-electron chi connectivity index (χ3n) is 6.00. The second-order valence-corrected chi connectivity index (χ2v) is 8.26. The van der Waals surface area contributed by atoms with E-state index in [1.54, 1.807) is 0 Å². The van der Waals surface area contributed by atoms with Gasteiger partial charge >= 0.3 is 0 Å². The van der Waals surface area contributed by atoms with Gasteiger partial charge in [-0.3, -0.25) is 0 Å². The van der Waals surface area contributed by atoms with Gasteiger partial charge in [0.25, 0.3) is 0 Å². The van der Waals surface area contributed by atoms with Gasteiger partial charge in [0, 0.05) is 18.4 Å². The van der Waals surface area contributed by atoms with Gasteiger partial charge < -0.3 is 15.6 Å². The van der Waals surface area contributed by atoms with Crippen LogP contribution in [-0.2, 0) is 4.74 Å². The first kappa shape index (κ1) is 16.3. The highest BCUT2D eigenvalue weighted by Crippen LogP contribution is 2.59. The van der Waals surface area contributed by atoms with Crippen LogP contribution in [0.2, 0.25) is 0 Å². The highest BCUT2D eigenvalue weighted by atomic mass is 16.5. The largest absolute Gasteiger partial charge is 0.386 e. The van der Waals surface area contributed by atoms with Crippen LogP contribution in [0.5, 0.6) is 0 Å². The van der Waals surface area contributed by atoms with Crippen molar-refractivity contribution >= 4 is 0 Å². The minimum atomic E-state index is -0.827. The molecular weight excluding hydrogens is 250 g/mol. The standard InChI is InChI=1S/C17H33NO2/c1-6-13-8-7-9-16(10-13,12-18)17(19)11-14(2,3)20-15(17,4)5/h13,19H,6-12,18H2,1-5H3. The van der Waals surface area contributed by atoms with Gasteiger partial charge in [-0.2, -0.15) is 0 Å². The molecule has 2 rings (SSSR count). The van der Waals surface area contributed by atoms with Crippen molar-refractivity contribution in [3.63, 3.8) is 0 Å². The van der Waals surface area contributed by atoms with Crippen LogP contribution in [0.1, 0.15) is 73.1 Å². The molecule has 0 bridgehead atoms. The summed E-state index contributed by atoms with van der Waals surface area (Å²) in [4.78, 5) is 0. The Kier molecular flexibility index (Phi) is 4.03. The van der Waals surface area contributed by atoms with Crippen LogP contribution in [-0.4, -0.2) is 28.5 Å². The maximum absolute atomic E-state index is 11.6. The molecule has 0 aromatic heterocycles. The highest BCUT2D eigenvalue weighted by Gasteiger charge is 2.65. The molecule has 1 aliphatic heterocycles. The van der Waals surface area contributed by atoms with E-state index in [4.69, 9.17) is 10.5 Å². The van der Waals surface area contributed by atoms with E-state index in [-0.39, 0.29) is 11.0 Å². The summed E-state index contributed by atoms with van der Waals surface area (Å²) in [5, 5.41) is 11.6. The summed E-state index contributed by atoms with van der Waals surface area (Å²) in [5.74, 6) is 0.691. The number of hydrogen-bond acceptors (Lipinski definition) is 3. The van der Waals surface area contributed by atoms with E-state index in [1.165, 1.54) is 19.3 Å². The Morgan fingerprint density at radius 3 is 2.35 bits per heavy atom. The smallest absolute Gasteiger partial charge is 0.103 e. The van der Waals surface area contributed by atoms with Crippen LogP contribution in [0.3, 0.4) is 0 Å². The van der Waals surface area contributed by atoms with Crippen molar-refractivity contribution in [2.75, 3.05) is 6.54 Å². The Morgan fingerprint density at radius 1 is 1.25 bits per heavy atom. The molecule has 20 heavy (non-hydrogen) atoms. The zero-order valence-electron chi connectivity index (χ0n) is 14.0. The molecular formula is C17H33NO2. The van der Waals surface area contributed by atoms with Crippen molar-refractivity contribution in [1.82, 2.24) is 0 Å². The summed E-state index contributed by atoms with van der Waals surface area (Å²) < 4.78 is 6.20. The molecule has 1 heterocycles. The van der Waals surface area contributed by atoms with E-state index in [9.17, 15) is 5.11 Å². The average molecular weight is 283 g/mol. The molecule has 1 saturated heterocycles. The molecule has 1 saturated carbocycles. The van der Waals surface area contributed by atoms with Crippen molar-refractivity contribution in [1.29, 1.82) is 0 Å². The third kappa shape index (κ3) is 2.32. The monoisotopic (exact) mass is 283 g/mol. The number of aliphatic hydroxyl groups is 1. The molecule has 1 aliphatic carbocycles. The van der Waals surface area contributed by atoms with E-state index in [1.807, 2.05) is 13.8 Å². The molecule has 0 spiro atoms. The second-order valence-electron chi connectivity index (χ2n) is 8.26. The van der Waals surface area contributed by atoms with Crippen molar-refractivity contribution in [2.24, 2.45) is 17.1 Å². The maximum atomic E-state index is 11.6. The van der Waals surface area contributed by atoms with E-state index in [0.29, 0.717) is 18.9 Å². The highest BCUT2D eigenvalue weighted by molar-refractivity contribution is 5.16. The van der Waals surface area contributed by atoms with Crippen LogP contribution in [0, 0.1) is 11.3 Å². The third-order valence-corrected chi connectivity index (χ3v) is 6.00. The number of nitrogens with two attached hydrogens (primary N) is 1. The summed E-state index contributed by atoms with van der Waals surface area (Å²) >= 11 is 0. The summed E-state index contributed by atoms with van der Waals surface area (Å²) in [6.45, 7) is 11.0.